The number of benzene rings is 1. The van der Waals surface area contributed by atoms with Crippen LogP contribution in [0.3, 0.4) is 0 Å². The first-order valence-electron chi connectivity index (χ1n) is 7.18. The molecule has 0 saturated heterocycles. The second kappa shape index (κ2) is 8.29. The van der Waals surface area contributed by atoms with Gasteiger partial charge in [0.05, 0.1) is 7.11 Å². The number of nitrogens with zero attached hydrogens (tertiary/aromatic N) is 2. The van der Waals surface area contributed by atoms with Crippen LogP contribution in [0.25, 0.3) is 0 Å². The monoisotopic (exact) mass is 292 g/mol. The Hall–Kier alpha value is -2.04. The van der Waals surface area contributed by atoms with Gasteiger partial charge in [-0.2, -0.15) is 0 Å². The summed E-state index contributed by atoms with van der Waals surface area (Å²) in [6, 6.07) is 7.51. The fraction of sp³-hybridized carbons (Fsp3) is 0.500. The van der Waals surface area contributed by atoms with E-state index in [0.29, 0.717) is 19.6 Å². The van der Waals surface area contributed by atoms with Crippen molar-refractivity contribution in [1.29, 1.82) is 0 Å². The van der Waals surface area contributed by atoms with Gasteiger partial charge in [-0.3, -0.25) is 9.59 Å². The van der Waals surface area contributed by atoms with Crippen LogP contribution in [0.5, 0.6) is 5.75 Å². The highest BCUT2D eigenvalue weighted by atomic mass is 16.5. The van der Waals surface area contributed by atoms with Gasteiger partial charge in [0.25, 0.3) is 0 Å². The lowest BCUT2D eigenvalue weighted by atomic mass is 10.2. The van der Waals surface area contributed by atoms with Gasteiger partial charge >= 0.3 is 0 Å². The minimum absolute atomic E-state index is 0.0369. The van der Waals surface area contributed by atoms with E-state index >= 15 is 0 Å². The molecule has 0 aliphatic rings. The van der Waals surface area contributed by atoms with E-state index < -0.39 is 0 Å². The minimum atomic E-state index is -0.124. The lowest BCUT2D eigenvalue weighted by Gasteiger charge is -2.25. The number of hydrogen-bond donors (Lipinski definition) is 0. The molecule has 116 valence electrons. The number of hydrogen-bond acceptors (Lipinski definition) is 3. The molecule has 0 spiro atoms. The van der Waals surface area contributed by atoms with Crippen molar-refractivity contribution in [2.75, 3.05) is 26.7 Å². The highest BCUT2D eigenvalue weighted by Crippen LogP contribution is 2.19. The van der Waals surface area contributed by atoms with E-state index in [1.807, 2.05) is 38.1 Å². The summed E-state index contributed by atoms with van der Waals surface area (Å²) in [7, 11) is 1.60. The zero-order valence-electron chi connectivity index (χ0n) is 13.3. The second-order valence-electron chi connectivity index (χ2n) is 4.75. The maximum absolute atomic E-state index is 12.2. The van der Waals surface area contributed by atoms with Crippen molar-refractivity contribution in [2.24, 2.45) is 0 Å². The van der Waals surface area contributed by atoms with Crippen LogP contribution < -0.4 is 4.74 Å². The Labute approximate surface area is 126 Å². The second-order valence-corrected chi connectivity index (χ2v) is 4.75. The minimum Gasteiger partial charge on any atom is -0.496 e. The van der Waals surface area contributed by atoms with Crippen LogP contribution in [0.2, 0.25) is 0 Å². The molecule has 0 aromatic heterocycles. The Morgan fingerprint density at radius 3 is 2.24 bits per heavy atom. The predicted molar refractivity (Wildman–Crippen MR) is 82.0 cm³/mol. The van der Waals surface area contributed by atoms with Crippen LogP contribution in [0.15, 0.2) is 24.3 Å². The van der Waals surface area contributed by atoms with Gasteiger partial charge in [-0.05, 0) is 19.9 Å². The SMILES string of the molecule is CCN(CC)C(=O)CN(Cc1ccccc1OC)C(C)=O. The molecular weight excluding hydrogens is 268 g/mol. The summed E-state index contributed by atoms with van der Waals surface area (Å²) in [6.45, 7) is 7.09. The molecule has 0 unspecified atom stereocenters. The van der Waals surface area contributed by atoms with Crippen molar-refractivity contribution < 1.29 is 14.3 Å². The van der Waals surface area contributed by atoms with Crippen LogP contribution in [-0.4, -0.2) is 48.4 Å². The largest absolute Gasteiger partial charge is 0.496 e. The van der Waals surface area contributed by atoms with Gasteiger partial charge < -0.3 is 14.5 Å². The van der Waals surface area contributed by atoms with Crippen molar-refractivity contribution >= 4 is 11.8 Å². The smallest absolute Gasteiger partial charge is 0.242 e. The molecule has 1 aromatic carbocycles. The van der Waals surface area contributed by atoms with Gasteiger partial charge in [-0.1, -0.05) is 18.2 Å². The first-order valence-corrected chi connectivity index (χ1v) is 7.18. The average molecular weight is 292 g/mol. The molecule has 0 N–H and O–H groups in total. The summed E-state index contributed by atoms with van der Waals surface area (Å²) < 4.78 is 5.29. The first-order chi connectivity index (χ1) is 10.0. The third-order valence-electron chi connectivity index (χ3n) is 3.44. The standard InChI is InChI=1S/C16H24N2O3/c1-5-17(6-2)16(20)12-18(13(3)19)11-14-9-7-8-10-15(14)21-4/h7-10H,5-6,11-12H2,1-4H3. The predicted octanol–water partition coefficient (Wildman–Crippen LogP) is 1.91. The van der Waals surface area contributed by atoms with Gasteiger partial charge in [0.1, 0.15) is 12.3 Å². The molecule has 0 aliphatic carbocycles. The highest BCUT2D eigenvalue weighted by molar-refractivity contribution is 5.83. The maximum atomic E-state index is 12.2. The number of rotatable bonds is 7. The number of carbonyl (C=O) groups excluding carboxylic acids is 2. The van der Waals surface area contributed by atoms with Crippen molar-refractivity contribution in [3.63, 3.8) is 0 Å². The number of likely N-dealkylation sites (N-methyl/N-ethyl adjacent to an activating group) is 1. The maximum Gasteiger partial charge on any atom is 0.242 e. The van der Waals surface area contributed by atoms with E-state index in [4.69, 9.17) is 4.74 Å². The van der Waals surface area contributed by atoms with Crippen LogP contribution in [0.1, 0.15) is 26.3 Å². The first kappa shape index (κ1) is 17.0. The molecule has 0 aliphatic heterocycles. The molecule has 5 nitrogen and oxygen atoms in total. The van der Waals surface area contributed by atoms with Crippen LogP contribution in [0.4, 0.5) is 0 Å². The summed E-state index contributed by atoms with van der Waals surface area (Å²) in [6.07, 6.45) is 0. The molecule has 1 rings (SSSR count). The van der Waals surface area contributed by atoms with E-state index in [0.717, 1.165) is 11.3 Å². The summed E-state index contributed by atoms with van der Waals surface area (Å²) in [5, 5.41) is 0. The fourth-order valence-corrected chi connectivity index (χ4v) is 2.16. The Morgan fingerprint density at radius 1 is 1.10 bits per heavy atom. The van der Waals surface area contributed by atoms with E-state index in [2.05, 4.69) is 0 Å². The van der Waals surface area contributed by atoms with E-state index in [9.17, 15) is 9.59 Å². The van der Waals surface area contributed by atoms with Crippen LogP contribution >= 0.6 is 0 Å². The third kappa shape index (κ3) is 4.77. The normalized spacial score (nSPS) is 10.1. The molecule has 0 bridgehead atoms. The van der Waals surface area contributed by atoms with Crippen LogP contribution in [-0.2, 0) is 16.1 Å². The molecule has 2 amide bonds. The van der Waals surface area contributed by atoms with Crippen molar-refractivity contribution in [1.82, 2.24) is 9.80 Å². The average Bonchev–Trinajstić information content (AvgIpc) is 2.48. The molecular formula is C16H24N2O3. The lowest BCUT2D eigenvalue weighted by Crippen LogP contribution is -2.41. The number of amides is 2. The van der Waals surface area contributed by atoms with E-state index in [-0.39, 0.29) is 18.4 Å². The Balaban J connectivity index is 2.83. The van der Waals surface area contributed by atoms with Gasteiger partial charge in [0, 0.05) is 32.1 Å². The van der Waals surface area contributed by atoms with Crippen molar-refractivity contribution in [3.05, 3.63) is 29.8 Å². The zero-order valence-corrected chi connectivity index (χ0v) is 13.3. The van der Waals surface area contributed by atoms with Gasteiger partial charge in [0.15, 0.2) is 0 Å². The number of ether oxygens (including phenoxy) is 1. The zero-order chi connectivity index (χ0) is 15.8. The highest BCUT2D eigenvalue weighted by Gasteiger charge is 2.18. The summed E-state index contributed by atoms with van der Waals surface area (Å²) in [4.78, 5) is 27.2. The Morgan fingerprint density at radius 2 is 1.71 bits per heavy atom. The summed E-state index contributed by atoms with van der Waals surface area (Å²) in [5.41, 5.74) is 0.891. The Bertz CT molecular complexity index is 484. The van der Waals surface area contributed by atoms with Crippen LogP contribution in [0, 0.1) is 0 Å². The van der Waals surface area contributed by atoms with E-state index in [1.54, 1.807) is 16.9 Å². The molecule has 0 fully saturated rings. The molecule has 0 atom stereocenters. The summed E-state index contributed by atoms with van der Waals surface area (Å²) >= 11 is 0. The number of carbonyl (C=O) groups is 2. The molecule has 5 heteroatoms. The number of para-hydroxylation sites is 1. The molecule has 1 aromatic rings. The lowest BCUT2D eigenvalue weighted by molar-refractivity contribution is -0.139. The Kier molecular flexibility index (Phi) is 6.72. The van der Waals surface area contributed by atoms with Crippen molar-refractivity contribution in [2.45, 2.75) is 27.3 Å². The van der Waals surface area contributed by atoms with Gasteiger partial charge in [-0.15, -0.1) is 0 Å². The van der Waals surface area contributed by atoms with Crippen molar-refractivity contribution in [3.8, 4) is 5.75 Å². The van der Waals surface area contributed by atoms with E-state index in [1.165, 1.54) is 6.92 Å². The molecule has 0 heterocycles. The molecule has 0 saturated carbocycles. The quantitative estimate of drug-likeness (QED) is 0.771. The summed E-state index contributed by atoms with van der Waals surface area (Å²) in [5.74, 6) is 0.561. The van der Waals surface area contributed by atoms with Gasteiger partial charge in [-0.25, -0.2) is 0 Å². The topological polar surface area (TPSA) is 49.9 Å². The number of methoxy groups -OCH3 is 1. The fourth-order valence-electron chi connectivity index (χ4n) is 2.16. The van der Waals surface area contributed by atoms with Gasteiger partial charge in [0.2, 0.25) is 11.8 Å². The molecule has 0 radical (unpaired) electrons. The molecule has 21 heavy (non-hydrogen) atoms. The third-order valence-corrected chi connectivity index (χ3v) is 3.44.